The second kappa shape index (κ2) is 11.8. The molecule has 3 unspecified atom stereocenters. The van der Waals surface area contributed by atoms with Crippen molar-refractivity contribution in [1.29, 1.82) is 0 Å². The van der Waals surface area contributed by atoms with Crippen molar-refractivity contribution in [3.63, 3.8) is 0 Å². The summed E-state index contributed by atoms with van der Waals surface area (Å²) < 4.78 is 0. The highest BCUT2D eigenvalue weighted by molar-refractivity contribution is 6.19. The van der Waals surface area contributed by atoms with Gasteiger partial charge in [-0.05, 0) is 56.3 Å². The molecule has 0 aromatic carbocycles. The molecule has 5 heteroatoms. The molecule has 0 aromatic rings. The zero-order valence-electron chi connectivity index (χ0n) is 19.3. The molecular weight excluding hydrogens is 371 g/mol. The van der Waals surface area contributed by atoms with Crippen molar-refractivity contribution in [2.75, 3.05) is 13.1 Å². The molecule has 1 amide bonds. The first-order valence-electron chi connectivity index (χ1n) is 12.4. The fourth-order valence-electron chi connectivity index (χ4n) is 5.69. The van der Waals surface area contributed by atoms with Gasteiger partial charge in [-0.25, -0.2) is 0 Å². The van der Waals surface area contributed by atoms with E-state index in [1.165, 1.54) is 69.9 Å². The number of oxime groups is 1. The van der Waals surface area contributed by atoms with Crippen LogP contribution in [-0.4, -0.2) is 43.6 Å². The third-order valence-electron chi connectivity index (χ3n) is 7.57. The number of piperidine rings is 1. The van der Waals surface area contributed by atoms with Gasteiger partial charge in [-0.2, -0.15) is 0 Å². The lowest BCUT2D eigenvalue weighted by Gasteiger charge is -2.37. The van der Waals surface area contributed by atoms with E-state index in [1.54, 1.807) is 0 Å². The molecule has 3 atom stereocenters. The molecule has 0 N–H and O–H groups in total. The summed E-state index contributed by atoms with van der Waals surface area (Å²) in [5.74, 6) is 2.56. The molecule has 0 spiro atoms. The van der Waals surface area contributed by atoms with Gasteiger partial charge in [-0.1, -0.05) is 62.4 Å². The summed E-state index contributed by atoms with van der Waals surface area (Å²) in [7, 11) is 1.98. The van der Waals surface area contributed by atoms with Crippen molar-refractivity contribution in [3.8, 4) is 0 Å². The Hall–Kier alpha value is -1.52. The van der Waals surface area contributed by atoms with E-state index in [1.807, 2.05) is 26.9 Å². The molecule has 3 rings (SSSR count). The van der Waals surface area contributed by atoms with Crippen molar-refractivity contribution < 1.29 is 9.63 Å². The molecule has 2 fully saturated rings. The standard InChI is InChI=1S/C25H41BN2O2/c1-3-8-19(2)24-17-23(27-30-24)22-10-6-4-5-9-20(11-7-12-22)21-13-15-28(16-14-21)25(29)18-26/h3,8,20-22,24H,2,4-7,9-18,26H2,1H3/b8-3-. The molecular formula is C25H41BN2O2. The molecule has 30 heavy (non-hydrogen) atoms. The van der Waals surface area contributed by atoms with Crippen LogP contribution in [0.3, 0.4) is 0 Å². The Morgan fingerprint density at radius 3 is 2.50 bits per heavy atom. The Morgan fingerprint density at radius 2 is 1.77 bits per heavy atom. The summed E-state index contributed by atoms with van der Waals surface area (Å²) in [6.45, 7) is 8.11. The van der Waals surface area contributed by atoms with Crippen LogP contribution in [0.1, 0.15) is 77.6 Å². The zero-order chi connectivity index (χ0) is 21.3. The third kappa shape index (κ3) is 6.24. The summed E-state index contributed by atoms with van der Waals surface area (Å²) in [6.07, 6.45) is 18.6. The van der Waals surface area contributed by atoms with Gasteiger partial charge in [0.15, 0.2) is 6.10 Å². The van der Waals surface area contributed by atoms with Crippen LogP contribution in [-0.2, 0) is 9.63 Å². The minimum absolute atomic E-state index is 0.0374. The zero-order valence-corrected chi connectivity index (χ0v) is 19.3. The van der Waals surface area contributed by atoms with Crippen LogP contribution in [0.5, 0.6) is 0 Å². The normalized spacial score (nSPS) is 29.4. The van der Waals surface area contributed by atoms with Crippen molar-refractivity contribution in [3.05, 3.63) is 24.3 Å². The third-order valence-corrected chi connectivity index (χ3v) is 7.57. The molecule has 1 aliphatic carbocycles. The maximum Gasteiger partial charge on any atom is 0.214 e. The van der Waals surface area contributed by atoms with Crippen LogP contribution < -0.4 is 0 Å². The second-order valence-corrected chi connectivity index (χ2v) is 9.55. The van der Waals surface area contributed by atoms with Crippen molar-refractivity contribution in [1.82, 2.24) is 4.90 Å². The quantitative estimate of drug-likeness (QED) is 0.475. The fourth-order valence-corrected chi connectivity index (χ4v) is 5.69. The number of hydrogen-bond donors (Lipinski definition) is 0. The van der Waals surface area contributed by atoms with Gasteiger partial charge in [-0.15, -0.1) is 0 Å². The van der Waals surface area contributed by atoms with E-state index < -0.39 is 0 Å². The van der Waals surface area contributed by atoms with Gasteiger partial charge < -0.3 is 9.74 Å². The van der Waals surface area contributed by atoms with E-state index in [0.717, 1.165) is 36.9 Å². The van der Waals surface area contributed by atoms with Gasteiger partial charge in [0.25, 0.3) is 0 Å². The molecule has 0 radical (unpaired) electrons. The number of likely N-dealkylation sites (tertiary alicyclic amines) is 1. The van der Waals surface area contributed by atoms with Crippen LogP contribution in [0.15, 0.2) is 29.5 Å². The van der Waals surface area contributed by atoms with E-state index >= 15 is 0 Å². The highest BCUT2D eigenvalue weighted by atomic mass is 16.6. The molecule has 2 heterocycles. The van der Waals surface area contributed by atoms with E-state index in [0.29, 0.717) is 18.1 Å². The molecule has 0 aromatic heterocycles. The first-order chi connectivity index (χ1) is 14.6. The van der Waals surface area contributed by atoms with Gasteiger partial charge in [-0.3, -0.25) is 4.79 Å². The fraction of sp³-hybridized carbons (Fsp3) is 0.760. The predicted octanol–water partition coefficient (Wildman–Crippen LogP) is 4.92. The Bertz CT molecular complexity index is 637. The number of carbonyl (C=O) groups is 1. The molecule has 2 aliphatic heterocycles. The molecule has 166 valence electrons. The van der Waals surface area contributed by atoms with E-state index in [-0.39, 0.29) is 6.10 Å². The Kier molecular flexibility index (Phi) is 9.08. The summed E-state index contributed by atoms with van der Waals surface area (Å²) in [4.78, 5) is 19.8. The average molecular weight is 412 g/mol. The summed E-state index contributed by atoms with van der Waals surface area (Å²) in [6, 6.07) is 0. The largest absolute Gasteiger partial charge is 0.387 e. The SMILES string of the molecule is BCC(=O)N1CCC(C2CCCCCC(C3=NOC(C(=C)/C=C\C)C3)CCC2)CC1. The minimum Gasteiger partial charge on any atom is -0.387 e. The second-order valence-electron chi connectivity index (χ2n) is 9.55. The molecule has 1 saturated heterocycles. The minimum atomic E-state index is 0.0374. The number of hydrogen-bond acceptors (Lipinski definition) is 3. The lowest BCUT2D eigenvalue weighted by Crippen LogP contribution is -2.40. The Morgan fingerprint density at radius 1 is 1.10 bits per heavy atom. The monoisotopic (exact) mass is 412 g/mol. The average Bonchev–Trinajstić information content (AvgIpc) is 3.27. The lowest BCUT2D eigenvalue weighted by atomic mass is 9.76. The van der Waals surface area contributed by atoms with E-state index in [2.05, 4.69) is 16.6 Å². The van der Waals surface area contributed by atoms with Crippen LogP contribution in [0, 0.1) is 17.8 Å². The lowest BCUT2D eigenvalue weighted by molar-refractivity contribution is -0.130. The number of amides is 1. The van der Waals surface area contributed by atoms with Crippen molar-refractivity contribution in [2.45, 2.75) is 90.0 Å². The molecule has 0 bridgehead atoms. The van der Waals surface area contributed by atoms with Gasteiger partial charge in [0.2, 0.25) is 5.91 Å². The maximum atomic E-state index is 12.0. The van der Waals surface area contributed by atoms with Crippen LogP contribution in [0.4, 0.5) is 0 Å². The number of nitrogens with zero attached hydrogens (tertiary/aromatic N) is 2. The van der Waals surface area contributed by atoms with E-state index in [4.69, 9.17) is 4.84 Å². The topological polar surface area (TPSA) is 41.9 Å². The first-order valence-corrected chi connectivity index (χ1v) is 12.4. The summed E-state index contributed by atoms with van der Waals surface area (Å²) in [5.41, 5.74) is 2.30. The molecule has 3 aliphatic rings. The Labute approximate surface area is 184 Å². The van der Waals surface area contributed by atoms with Crippen LogP contribution in [0.2, 0.25) is 6.32 Å². The Balaban J connectivity index is 1.50. The van der Waals surface area contributed by atoms with Crippen molar-refractivity contribution in [2.24, 2.45) is 22.9 Å². The summed E-state index contributed by atoms with van der Waals surface area (Å²) in [5, 5.41) is 4.50. The maximum absolute atomic E-state index is 12.0. The van der Waals surface area contributed by atoms with Gasteiger partial charge in [0.05, 0.1) is 5.71 Å². The predicted molar refractivity (Wildman–Crippen MR) is 127 cm³/mol. The van der Waals surface area contributed by atoms with E-state index in [9.17, 15) is 4.79 Å². The van der Waals surface area contributed by atoms with Crippen LogP contribution >= 0.6 is 0 Å². The molecule has 1 saturated carbocycles. The molecule has 4 nitrogen and oxygen atoms in total. The number of carbonyl (C=O) groups excluding carboxylic acids is 1. The van der Waals surface area contributed by atoms with Gasteiger partial charge in [0, 0.05) is 25.4 Å². The first kappa shape index (κ1) is 23.2. The van der Waals surface area contributed by atoms with Crippen molar-refractivity contribution >= 4 is 19.5 Å². The highest BCUT2D eigenvalue weighted by Crippen LogP contribution is 2.36. The highest BCUT2D eigenvalue weighted by Gasteiger charge is 2.30. The van der Waals surface area contributed by atoms with Crippen LogP contribution in [0.25, 0.3) is 0 Å². The smallest absolute Gasteiger partial charge is 0.214 e. The van der Waals surface area contributed by atoms with Gasteiger partial charge >= 0.3 is 0 Å². The number of rotatable bonds is 5. The number of allylic oxidation sites excluding steroid dienone is 1. The van der Waals surface area contributed by atoms with Gasteiger partial charge in [0.1, 0.15) is 7.85 Å². The summed E-state index contributed by atoms with van der Waals surface area (Å²) >= 11 is 0.